The molecule has 19 heavy (non-hydrogen) atoms. The summed E-state index contributed by atoms with van der Waals surface area (Å²) in [6.07, 6.45) is 1.91. The number of aromatic nitrogens is 1. The van der Waals surface area contributed by atoms with Crippen LogP contribution in [0.15, 0.2) is 12.1 Å². The van der Waals surface area contributed by atoms with Crippen molar-refractivity contribution < 1.29 is 9.53 Å². The van der Waals surface area contributed by atoms with E-state index in [2.05, 4.69) is 10.3 Å². The topological polar surface area (TPSA) is 51.2 Å². The molecule has 1 N–H and O–H groups in total. The molecule has 4 nitrogen and oxygen atoms in total. The fourth-order valence-corrected chi connectivity index (χ4v) is 2.52. The minimum Gasteiger partial charge on any atom is -0.381 e. The van der Waals surface area contributed by atoms with Crippen LogP contribution >= 0.6 is 23.2 Å². The average Bonchev–Trinajstić information content (AvgIpc) is 2.42. The molecule has 1 aromatic rings. The molecule has 1 aliphatic heterocycles. The van der Waals surface area contributed by atoms with Crippen LogP contribution in [0.4, 0.5) is 0 Å². The Hall–Kier alpha value is -0.840. The molecule has 0 aliphatic carbocycles. The highest BCUT2D eigenvalue weighted by molar-refractivity contribution is 6.34. The number of hydrogen-bond donors (Lipinski definition) is 1. The summed E-state index contributed by atoms with van der Waals surface area (Å²) in [7, 11) is 0. The van der Waals surface area contributed by atoms with Crippen LogP contribution in [0.1, 0.15) is 30.3 Å². The fourth-order valence-electron chi connectivity index (χ4n) is 2.19. The number of pyridine rings is 1. The van der Waals surface area contributed by atoms with Crippen molar-refractivity contribution in [1.82, 2.24) is 10.3 Å². The van der Waals surface area contributed by atoms with Crippen LogP contribution in [0.25, 0.3) is 0 Å². The Morgan fingerprint density at radius 3 is 2.79 bits per heavy atom. The smallest absolute Gasteiger partial charge is 0.271 e. The maximum Gasteiger partial charge on any atom is 0.271 e. The maximum absolute atomic E-state index is 12.1. The van der Waals surface area contributed by atoms with E-state index in [0.717, 1.165) is 26.1 Å². The third-order valence-electron chi connectivity index (χ3n) is 3.36. The van der Waals surface area contributed by atoms with E-state index in [9.17, 15) is 4.79 Å². The first-order valence-corrected chi connectivity index (χ1v) is 7.04. The SMILES string of the molecule is CC(NC(=O)c1nc(Cl)ccc1Cl)C1CCOCC1. The predicted octanol–water partition coefficient (Wildman–Crippen LogP) is 2.93. The minimum atomic E-state index is -0.286. The van der Waals surface area contributed by atoms with Gasteiger partial charge in [0.15, 0.2) is 0 Å². The van der Waals surface area contributed by atoms with Gasteiger partial charge in [-0.3, -0.25) is 4.79 Å². The number of halogens is 2. The Balaban J connectivity index is 2.01. The van der Waals surface area contributed by atoms with E-state index in [1.165, 1.54) is 0 Å². The van der Waals surface area contributed by atoms with E-state index < -0.39 is 0 Å². The molecule has 2 rings (SSSR count). The highest BCUT2D eigenvalue weighted by Crippen LogP contribution is 2.20. The first-order chi connectivity index (χ1) is 9.08. The quantitative estimate of drug-likeness (QED) is 0.874. The second-order valence-corrected chi connectivity index (χ2v) is 5.47. The molecule has 0 saturated carbocycles. The van der Waals surface area contributed by atoms with Gasteiger partial charge < -0.3 is 10.1 Å². The number of amides is 1. The number of carbonyl (C=O) groups excluding carboxylic acids is 1. The Morgan fingerprint density at radius 2 is 2.11 bits per heavy atom. The zero-order valence-electron chi connectivity index (χ0n) is 10.7. The van der Waals surface area contributed by atoms with Gasteiger partial charge in [-0.2, -0.15) is 0 Å². The van der Waals surface area contributed by atoms with Crippen LogP contribution in [0.2, 0.25) is 10.2 Å². The molecule has 0 bridgehead atoms. The van der Waals surface area contributed by atoms with E-state index >= 15 is 0 Å². The van der Waals surface area contributed by atoms with Crippen molar-refractivity contribution in [2.75, 3.05) is 13.2 Å². The van der Waals surface area contributed by atoms with Crippen LogP contribution in [0.5, 0.6) is 0 Å². The average molecular weight is 303 g/mol. The van der Waals surface area contributed by atoms with Gasteiger partial charge in [0.05, 0.1) is 5.02 Å². The molecule has 104 valence electrons. The Labute approximate surface area is 122 Å². The molecule has 1 saturated heterocycles. The Bertz CT molecular complexity index is 462. The van der Waals surface area contributed by atoms with E-state index in [1.807, 2.05) is 6.92 Å². The summed E-state index contributed by atoms with van der Waals surface area (Å²) in [6, 6.07) is 3.20. The molecule has 1 aliphatic rings. The summed E-state index contributed by atoms with van der Waals surface area (Å²) in [5, 5.41) is 3.50. The molecular weight excluding hydrogens is 287 g/mol. The number of nitrogens with zero attached hydrogens (tertiary/aromatic N) is 1. The summed E-state index contributed by atoms with van der Waals surface area (Å²) in [4.78, 5) is 16.1. The first kappa shape index (κ1) is 14.6. The van der Waals surface area contributed by atoms with Gasteiger partial charge in [-0.1, -0.05) is 23.2 Å². The van der Waals surface area contributed by atoms with Crippen LogP contribution in [-0.4, -0.2) is 30.1 Å². The van der Waals surface area contributed by atoms with E-state index in [-0.39, 0.29) is 22.8 Å². The van der Waals surface area contributed by atoms with Gasteiger partial charge in [-0.15, -0.1) is 0 Å². The van der Waals surface area contributed by atoms with Crippen LogP contribution in [0.3, 0.4) is 0 Å². The molecule has 6 heteroatoms. The number of nitrogens with one attached hydrogen (secondary N) is 1. The molecule has 1 aromatic heterocycles. The van der Waals surface area contributed by atoms with E-state index in [0.29, 0.717) is 10.9 Å². The molecule has 1 fully saturated rings. The van der Waals surface area contributed by atoms with Crippen molar-refractivity contribution in [3.05, 3.63) is 28.0 Å². The molecule has 1 amide bonds. The summed E-state index contributed by atoms with van der Waals surface area (Å²) in [6.45, 7) is 3.49. The molecule has 0 radical (unpaired) electrons. The van der Waals surface area contributed by atoms with Crippen molar-refractivity contribution >= 4 is 29.1 Å². The summed E-state index contributed by atoms with van der Waals surface area (Å²) >= 11 is 11.7. The van der Waals surface area contributed by atoms with Crippen molar-refractivity contribution in [2.24, 2.45) is 5.92 Å². The lowest BCUT2D eigenvalue weighted by molar-refractivity contribution is 0.0537. The minimum absolute atomic E-state index is 0.0632. The summed E-state index contributed by atoms with van der Waals surface area (Å²) < 4.78 is 5.31. The second kappa shape index (κ2) is 6.55. The zero-order valence-corrected chi connectivity index (χ0v) is 12.2. The van der Waals surface area contributed by atoms with Crippen molar-refractivity contribution in [1.29, 1.82) is 0 Å². The molecular formula is C13H16Cl2N2O2. The van der Waals surface area contributed by atoms with Gasteiger partial charge in [0.2, 0.25) is 0 Å². The van der Waals surface area contributed by atoms with E-state index in [4.69, 9.17) is 27.9 Å². The number of rotatable bonds is 3. The lowest BCUT2D eigenvalue weighted by Crippen LogP contribution is -2.40. The molecule has 1 unspecified atom stereocenters. The predicted molar refractivity (Wildman–Crippen MR) is 74.7 cm³/mol. The van der Waals surface area contributed by atoms with Crippen molar-refractivity contribution in [3.8, 4) is 0 Å². The summed E-state index contributed by atoms with van der Waals surface area (Å²) in [5.41, 5.74) is 0.174. The lowest BCUT2D eigenvalue weighted by atomic mass is 9.93. The van der Waals surface area contributed by atoms with Crippen molar-refractivity contribution in [3.63, 3.8) is 0 Å². The second-order valence-electron chi connectivity index (χ2n) is 4.68. The van der Waals surface area contributed by atoms with Crippen LogP contribution < -0.4 is 5.32 Å². The monoisotopic (exact) mass is 302 g/mol. The largest absolute Gasteiger partial charge is 0.381 e. The Kier molecular flexibility index (Phi) is 5.02. The van der Waals surface area contributed by atoms with Gasteiger partial charge in [0, 0.05) is 19.3 Å². The molecule has 0 spiro atoms. The van der Waals surface area contributed by atoms with Gasteiger partial charge in [-0.25, -0.2) is 4.98 Å². The normalized spacial score (nSPS) is 18.1. The maximum atomic E-state index is 12.1. The van der Waals surface area contributed by atoms with Gasteiger partial charge in [0.25, 0.3) is 5.91 Å². The molecule has 2 heterocycles. The highest BCUT2D eigenvalue weighted by atomic mass is 35.5. The third kappa shape index (κ3) is 3.81. The van der Waals surface area contributed by atoms with Gasteiger partial charge in [-0.05, 0) is 37.8 Å². The Morgan fingerprint density at radius 1 is 1.42 bits per heavy atom. The highest BCUT2D eigenvalue weighted by Gasteiger charge is 2.23. The number of carbonyl (C=O) groups is 1. The zero-order chi connectivity index (χ0) is 13.8. The van der Waals surface area contributed by atoms with Crippen LogP contribution in [-0.2, 0) is 4.74 Å². The van der Waals surface area contributed by atoms with Crippen molar-refractivity contribution in [2.45, 2.75) is 25.8 Å². The summed E-state index contributed by atoms with van der Waals surface area (Å²) in [5.74, 6) is 0.141. The fraction of sp³-hybridized carbons (Fsp3) is 0.538. The number of hydrogen-bond acceptors (Lipinski definition) is 3. The third-order valence-corrected chi connectivity index (χ3v) is 3.87. The first-order valence-electron chi connectivity index (χ1n) is 6.28. The van der Waals surface area contributed by atoms with E-state index in [1.54, 1.807) is 12.1 Å². The van der Waals surface area contributed by atoms with Gasteiger partial charge in [0.1, 0.15) is 10.8 Å². The molecule has 0 aromatic carbocycles. The lowest BCUT2D eigenvalue weighted by Gasteiger charge is -2.28. The van der Waals surface area contributed by atoms with Crippen LogP contribution in [0, 0.1) is 5.92 Å². The number of ether oxygens (including phenoxy) is 1. The van der Waals surface area contributed by atoms with Gasteiger partial charge >= 0.3 is 0 Å². The standard InChI is InChI=1S/C13H16Cl2N2O2/c1-8(9-4-6-19-7-5-9)16-13(18)12-10(14)2-3-11(15)17-12/h2-3,8-9H,4-7H2,1H3,(H,16,18). The molecule has 1 atom stereocenters.